The second-order valence-corrected chi connectivity index (χ2v) is 10.9. The minimum absolute atomic E-state index is 0.0414. The summed E-state index contributed by atoms with van der Waals surface area (Å²) in [5, 5.41) is 9.24. The molecule has 4 N–H and O–H groups in total. The van der Waals surface area contributed by atoms with Crippen LogP contribution in [0.15, 0.2) is 53.4 Å². The van der Waals surface area contributed by atoms with E-state index in [-0.39, 0.29) is 29.6 Å². The Balaban J connectivity index is 1.94. The van der Waals surface area contributed by atoms with Gasteiger partial charge in [-0.3, -0.25) is 4.72 Å². The second kappa shape index (κ2) is 11.0. The number of nitrogens with zero attached hydrogens (tertiary/aromatic N) is 2. The van der Waals surface area contributed by atoms with E-state index in [9.17, 15) is 14.1 Å². The third kappa shape index (κ3) is 7.34. The zero-order valence-corrected chi connectivity index (χ0v) is 21.5. The van der Waals surface area contributed by atoms with Crippen LogP contribution in [0.2, 0.25) is 0 Å². The van der Waals surface area contributed by atoms with Gasteiger partial charge in [-0.2, -0.15) is 4.98 Å². The summed E-state index contributed by atoms with van der Waals surface area (Å²) in [6, 6.07) is 13.4. The number of nitrogens with two attached hydrogens (primary N) is 1. The number of hydrogen-bond donors (Lipinski definition) is 3. The van der Waals surface area contributed by atoms with E-state index in [1.54, 1.807) is 12.1 Å². The van der Waals surface area contributed by atoms with Gasteiger partial charge >= 0.3 is 5.97 Å². The van der Waals surface area contributed by atoms with Crippen molar-refractivity contribution >= 4 is 22.9 Å². The molecule has 0 aliphatic carbocycles. The van der Waals surface area contributed by atoms with Gasteiger partial charge < -0.3 is 15.6 Å². The van der Waals surface area contributed by atoms with Gasteiger partial charge in [0.1, 0.15) is 6.61 Å². The summed E-state index contributed by atoms with van der Waals surface area (Å²) in [7, 11) is -1.79. The van der Waals surface area contributed by atoms with Crippen molar-refractivity contribution < 1.29 is 18.8 Å². The predicted octanol–water partition coefficient (Wildman–Crippen LogP) is 4.74. The molecule has 0 fully saturated rings. The normalized spacial score (nSPS) is 13.2. The van der Waals surface area contributed by atoms with Gasteiger partial charge in [0.15, 0.2) is 11.0 Å². The molecule has 3 rings (SSSR count). The highest BCUT2D eigenvalue weighted by molar-refractivity contribution is 7.86. The van der Waals surface area contributed by atoms with Gasteiger partial charge in [-0.15, -0.1) is 0 Å². The van der Waals surface area contributed by atoms with Crippen molar-refractivity contribution in [1.29, 1.82) is 0 Å². The summed E-state index contributed by atoms with van der Waals surface area (Å²) in [6.45, 7) is 10.6. The third-order valence-corrected chi connectivity index (χ3v) is 6.29. The van der Waals surface area contributed by atoms with Crippen LogP contribution in [0.1, 0.15) is 48.7 Å². The first-order valence-electron chi connectivity index (χ1n) is 11.3. The topological polar surface area (TPSA) is 127 Å². The molecule has 9 heteroatoms. The van der Waals surface area contributed by atoms with Gasteiger partial charge in [-0.05, 0) is 55.0 Å². The van der Waals surface area contributed by atoms with Crippen molar-refractivity contribution in [2.45, 2.75) is 52.0 Å². The number of hydrogen-bond acceptors (Lipinski definition) is 6. The van der Waals surface area contributed by atoms with E-state index in [0.29, 0.717) is 16.5 Å². The van der Waals surface area contributed by atoms with E-state index in [4.69, 9.17) is 10.5 Å². The lowest BCUT2D eigenvalue weighted by Gasteiger charge is -2.23. The van der Waals surface area contributed by atoms with Crippen molar-refractivity contribution in [3.8, 4) is 17.1 Å². The quantitative estimate of drug-likeness (QED) is 0.390. The summed E-state index contributed by atoms with van der Waals surface area (Å²) < 4.78 is 21.7. The highest BCUT2D eigenvalue weighted by atomic mass is 32.2. The van der Waals surface area contributed by atoms with E-state index in [2.05, 4.69) is 35.5 Å². The Hall–Kier alpha value is -3.30. The molecule has 0 radical (unpaired) electrons. The number of ether oxygens (including phenoxy) is 1. The van der Waals surface area contributed by atoms with Crippen molar-refractivity contribution in [1.82, 2.24) is 9.97 Å². The average molecular weight is 497 g/mol. The van der Waals surface area contributed by atoms with Crippen LogP contribution in [0.3, 0.4) is 0 Å². The third-order valence-electron chi connectivity index (χ3n) is 5.24. The highest BCUT2D eigenvalue weighted by Crippen LogP contribution is 2.29. The number of carboxylic acid groups (broad SMARTS) is 1. The van der Waals surface area contributed by atoms with Gasteiger partial charge in [0, 0.05) is 17.7 Å². The molecular weight excluding hydrogens is 464 g/mol. The highest BCUT2D eigenvalue weighted by Gasteiger charge is 2.18. The first-order chi connectivity index (χ1) is 16.4. The Labute approximate surface area is 208 Å². The van der Waals surface area contributed by atoms with E-state index in [1.807, 2.05) is 32.0 Å². The zero-order chi connectivity index (χ0) is 25.8. The largest absolute Gasteiger partial charge is 0.478 e. The van der Waals surface area contributed by atoms with Gasteiger partial charge in [0.25, 0.3) is 0 Å². The van der Waals surface area contributed by atoms with Crippen LogP contribution in [0.25, 0.3) is 11.3 Å². The molecular formula is C26H32N4O4S. The summed E-state index contributed by atoms with van der Waals surface area (Å²) in [6.07, 6.45) is 0.775. The Morgan fingerprint density at radius 2 is 1.77 bits per heavy atom. The van der Waals surface area contributed by atoms with Crippen LogP contribution < -0.4 is 15.2 Å². The van der Waals surface area contributed by atoms with Crippen molar-refractivity contribution in [2.24, 2.45) is 11.1 Å². The maximum absolute atomic E-state index is 13.0. The molecule has 186 valence electrons. The number of nitrogens with one attached hydrogen (secondary N) is 1. The summed E-state index contributed by atoms with van der Waals surface area (Å²) >= 11 is 0. The minimum Gasteiger partial charge on any atom is -0.478 e. The molecule has 2 atom stereocenters. The Morgan fingerprint density at radius 1 is 1.11 bits per heavy atom. The first kappa shape index (κ1) is 26.3. The lowest BCUT2D eigenvalue weighted by molar-refractivity contribution is 0.0696. The number of carboxylic acids is 1. The van der Waals surface area contributed by atoms with E-state index < -0.39 is 17.0 Å². The molecule has 0 aliphatic heterocycles. The lowest BCUT2D eigenvalue weighted by atomic mass is 9.89. The molecule has 2 aromatic carbocycles. The molecule has 3 aromatic rings. The average Bonchev–Trinajstić information content (AvgIpc) is 2.76. The summed E-state index contributed by atoms with van der Waals surface area (Å²) in [4.78, 5) is 20.6. The van der Waals surface area contributed by atoms with Gasteiger partial charge in [-0.1, -0.05) is 45.0 Å². The minimum atomic E-state index is -1.79. The number of anilines is 1. The zero-order valence-electron chi connectivity index (χ0n) is 20.7. The molecule has 0 aliphatic rings. The predicted molar refractivity (Wildman–Crippen MR) is 138 cm³/mol. The second-order valence-electron chi connectivity index (χ2n) is 9.72. The Kier molecular flexibility index (Phi) is 8.24. The van der Waals surface area contributed by atoms with Gasteiger partial charge in [0.05, 0.1) is 16.2 Å². The lowest BCUT2D eigenvalue weighted by Crippen LogP contribution is -2.32. The SMILES string of the molecule is Cc1cccc(C)c1-c1cc(OCC(N)CC(C)(C)C)nc(NS(=O)c2cccc(C(=O)O)c2)n1. The molecule has 0 saturated heterocycles. The fraction of sp³-hybridized carbons (Fsp3) is 0.346. The van der Waals surface area contributed by atoms with Crippen molar-refractivity contribution in [3.63, 3.8) is 0 Å². The monoisotopic (exact) mass is 496 g/mol. The van der Waals surface area contributed by atoms with Crippen molar-refractivity contribution in [3.05, 3.63) is 65.2 Å². The van der Waals surface area contributed by atoms with Crippen LogP contribution in [0.5, 0.6) is 5.88 Å². The van der Waals surface area contributed by atoms with Crippen LogP contribution in [0, 0.1) is 19.3 Å². The molecule has 0 saturated carbocycles. The molecule has 1 aromatic heterocycles. The maximum Gasteiger partial charge on any atom is 0.335 e. The number of aromatic nitrogens is 2. The maximum atomic E-state index is 13.0. The van der Waals surface area contributed by atoms with Gasteiger partial charge in [-0.25, -0.2) is 14.0 Å². The van der Waals surface area contributed by atoms with Crippen LogP contribution in [-0.4, -0.2) is 37.9 Å². The van der Waals surface area contributed by atoms with Gasteiger partial charge in [0.2, 0.25) is 11.8 Å². The Morgan fingerprint density at radius 3 is 2.40 bits per heavy atom. The molecule has 35 heavy (non-hydrogen) atoms. The summed E-state index contributed by atoms with van der Waals surface area (Å²) in [5.41, 5.74) is 9.97. The van der Waals surface area contributed by atoms with Crippen molar-refractivity contribution in [2.75, 3.05) is 11.3 Å². The summed E-state index contributed by atoms with van der Waals surface area (Å²) in [5.74, 6) is -0.691. The number of benzene rings is 2. The molecule has 1 heterocycles. The van der Waals surface area contributed by atoms with Crippen LogP contribution >= 0.6 is 0 Å². The van der Waals surface area contributed by atoms with Crippen LogP contribution in [-0.2, 0) is 11.0 Å². The van der Waals surface area contributed by atoms with E-state index in [1.165, 1.54) is 18.2 Å². The fourth-order valence-corrected chi connectivity index (χ4v) is 4.63. The number of carbonyl (C=O) groups is 1. The standard InChI is InChI=1S/C26H32N4O4S/c1-16-8-6-9-17(2)23(16)21-13-22(34-15-19(27)14-26(3,4)5)29-25(28-21)30-35(33)20-11-7-10-18(12-20)24(31)32/h6-13,19H,14-15,27H2,1-5H3,(H,31,32)(H,28,29,30). The fourth-order valence-electron chi connectivity index (χ4n) is 3.82. The van der Waals surface area contributed by atoms with Crippen LogP contribution in [0.4, 0.5) is 5.95 Å². The molecule has 0 spiro atoms. The van der Waals surface area contributed by atoms with E-state index >= 15 is 0 Å². The molecule has 0 amide bonds. The molecule has 0 bridgehead atoms. The first-order valence-corrected chi connectivity index (χ1v) is 12.4. The smallest absolute Gasteiger partial charge is 0.335 e. The number of aromatic carboxylic acids is 1. The number of aryl methyl sites for hydroxylation is 2. The Bertz CT molecular complexity index is 1220. The molecule has 8 nitrogen and oxygen atoms in total. The molecule has 2 unspecified atom stereocenters. The van der Waals surface area contributed by atoms with E-state index in [0.717, 1.165) is 23.1 Å². The number of rotatable bonds is 9.